The summed E-state index contributed by atoms with van der Waals surface area (Å²) in [6.07, 6.45) is 1.74. The van der Waals surface area contributed by atoms with Crippen molar-refractivity contribution in [2.45, 2.75) is 20.5 Å². The molecule has 0 aliphatic carbocycles. The van der Waals surface area contributed by atoms with E-state index in [0.717, 1.165) is 28.0 Å². The van der Waals surface area contributed by atoms with Gasteiger partial charge in [0.25, 0.3) is 0 Å². The van der Waals surface area contributed by atoms with Gasteiger partial charge in [0.05, 0.1) is 5.69 Å². The van der Waals surface area contributed by atoms with Crippen LogP contribution in [0.5, 0.6) is 5.75 Å². The second-order valence-electron chi connectivity index (χ2n) is 5.90. The summed E-state index contributed by atoms with van der Waals surface area (Å²) in [6, 6.07) is 11.7. The molecule has 0 aliphatic rings. The minimum Gasteiger partial charge on any atom is -0.489 e. The maximum atomic E-state index is 12.2. The lowest BCUT2D eigenvalue weighted by molar-refractivity contribution is 0.303. The highest BCUT2D eigenvalue weighted by atomic mass is 16.5. The van der Waals surface area contributed by atoms with Crippen molar-refractivity contribution in [1.29, 1.82) is 0 Å². The van der Waals surface area contributed by atoms with Crippen LogP contribution in [0.15, 0.2) is 47.8 Å². The molecule has 0 amide bonds. The third-order valence-electron chi connectivity index (χ3n) is 4.07. The molecule has 3 aromatic rings. The van der Waals surface area contributed by atoms with Crippen molar-refractivity contribution in [1.82, 2.24) is 19.8 Å². The Bertz CT molecular complexity index is 985. The van der Waals surface area contributed by atoms with Crippen LogP contribution in [0, 0.1) is 13.8 Å². The smallest absolute Gasteiger partial charge is 0.368 e. The van der Waals surface area contributed by atoms with Crippen molar-refractivity contribution in [3.8, 4) is 11.4 Å². The summed E-state index contributed by atoms with van der Waals surface area (Å²) in [7, 11) is 1.56. The van der Waals surface area contributed by atoms with Gasteiger partial charge >= 0.3 is 5.69 Å². The number of hydrogen-bond donors (Lipinski definition) is 0. The Morgan fingerprint density at radius 3 is 2.68 bits per heavy atom. The summed E-state index contributed by atoms with van der Waals surface area (Å²) in [6.45, 7) is 8.18. The zero-order valence-corrected chi connectivity index (χ0v) is 14.6. The molecule has 0 bridgehead atoms. The molecule has 0 N–H and O–H groups in total. The molecular weight excluding hydrogens is 316 g/mol. The number of nitrogens with zero attached hydrogens (tertiary/aromatic N) is 4. The molecule has 128 valence electrons. The minimum absolute atomic E-state index is 0.296. The highest BCUT2D eigenvalue weighted by Crippen LogP contribution is 2.24. The van der Waals surface area contributed by atoms with E-state index < -0.39 is 0 Å². The number of benzene rings is 2. The standard InChI is InChI=1S/C19H20N4O2/c1-5-15-7-6-8-17(23-19(24)22(4)20-21-23)16(15)12-25-18-11-13(2)9-10-14(18)3/h5-11H,1,12H2,2-4H3. The van der Waals surface area contributed by atoms with Crippen LogP contribution >= 0.6 is 0 Å². The van der Waals surface area contributed by atoms with E-state index in [9.17, 15) is 4.79 Å². The van der Waals surface area contributed by atoms with Crippen molar-refractivity contribution in [3.63, 3.8) is 0 Å². The molecule has 0 saturated carbocycles. The van der Waals surface area contributed by atoms with Crippen molar-refractivity contribution >= 4 is 6.08 Å². The Morgan fingerprint density at radius 1 is 1.20 bits per heavy atom. The van der Waals surface area contributed by atoms with E-state index in [4.69, 9.17) is 4.74 Å². The normalized spacial score (nSPS) is 10.7. The first-order valence-electron chi connectivity index (χ1n) is 7.95. The highest BCUT2D eigenvalue weighted by molar-refractivity contribution is 5.58. The maximum absolute atomic E-state index is 12.2. The first-order chi connectivity index (χ1) is 12.0. The van der Waals surface area contributed by atoms with Crippen LogP contribution < -0.4 is 10.4 Å². The van der Waals surface area contributed by atoms with Crippen molar-refractivity contribution < 1.29 is 4.74 Å². The zero-order valence-electron chi connectivity index (χ0n) is 14.6. The first kappa shape index (κ1) is 16.7. The SMILES string of the molecule is C=Cc1cccc(-n2nnn(C)c2=O)c1COc1cc(C)ccc1C. The first-order valence-corrected chi connectivity index (χ1v) is 7.95. The van der Waals surface area contributed by atoms with Crippen LogP contribution in [0.1, 0.15) is 22.3 Å². The molecule has 6 heteroatoms. The van der Waals surface area contributed by atoms with Gasteiger partial charge in [-0.25, -0.2) is 4.79 Å². The second kappa shape index (κ2) is 6.76. The molecule has 2 aromatic carbocycles. The van der Waals surface area contributed by atoms with Gasteiger partial charge in [0, 0.05) is 12.6 Å². The molecule has 1 aromatic heterocycles. The van der Waals surface area contributed by atoms with E-state index in [1.54, 1.807) is 13.1 Å². The van der Waals surface area contributed by atoms with Gasteiger partial charge in [0.15, 0.2) is 0 Å². The molecule has 0 fully saturated rings. The van der Waals surface area contributed by atoms with Gasteiger partial charge in [0.1, 0.15) is 12.4 Å². The number of rotatable bonds is 5. The zero-order chi connectivity index (χ0) is 18.0. The third-order valence-corrected chi connectivity index (χ3v) is 4.07. The van der Waals surface area contributed by atoms with Gasteiger partial charge < -0.3 is 4.74 Å². The van der Waals surface area contributed by atoms with Crippen LogP contribution in [-0.4, -0.2) is 19.8 Å². The highest BCUT2D eigenvalue weighted by Gasteiger charge is 2.14. The predicted octanol–water partition coefficient (Wildman–Crippen LogP) is 2.80. The van der Waals surface area contributed by atoms with Crippen LogP contribution in [-0.2, 0) is 13.7 Å². The number of aromatic nitrogens is 4. The quantitative estimate of drug-likeness (QED) is 0.719. The van der Waals surface area contributed by atoms with Gasteiger partial charge in [0.2, 0.25) is 0 Å². The minimum atomic E-state index is -0.311. The Morgan fingerprint density at radius 2 is 2.00 bits per heavy atom. The number of ether oxygens (including phenoxy) is 1. The molecule has 0 saturated heterocycles. The Labute approximate surface area is 146 Å². The number of tetrazole rings is 1. The Kier molecular flexibility index (Phi) is 4.52. The van der Waals surface area contributed by atoms with E-state index in [-0.39, 0.29) is 5.69 Å². The monoisotopic (exact) mass is 336 g/mol. The Balaban J connectivity index is 2.03. The van der Waals surface area contributed by atoms with Crippen molar-refractivity contribution in [2.75, 3.05) is 0 Å². The van der Waals surface area contributed by atoms with Crippen LogP contribution in [0.2, 0.25) is 0 Å². The van der Waals surface area contributed by atoms with Crippen LogP contribution in [0.25, 0.3) is 11.8 Å². The van der Waals surface area contributed by atoms with Gasteiger partial charge in [-0.2, -0.15) is 9.36 Å². The lowest BCUT2D eigenvalue weighted by atomic mass is 10.1. The molecule has 0 spiro atoms. The molecule has 0 unspecified atom stereocenters. The predicted molar refractivity (Wildman–Crippen MR) is 96.9 cm³/mol. The summed E-state index contributed by atoms with van der Waals surface area (Å²) in [5.41, 5.74) is 4.24. The van der Waals surface area contributed by atoms with E-state index in [1.807, 2.05) is 50.2 Å². The molecule has 6 nitrogen and oxygen atoms in total. The topological polar surface area (TPSA) is 61.9 Å². The Hall–Kier alpha value is -3.15. The molecule has 0 atom stereocenters. The van der Waals surface area contributed by atoms with Gasteiger partial charge in [-0.05, 0) is 53.1 Å². The number of aryl methyl sites for hydroxylation is 3. The van der Waals surface area contributed by atoms with Crippen LogP contribution in [0.4, 0.5) is 0 Å². The van der Waals surface area contributed by atoms with Crippen LogP contribution in [0.3, 0.4) is 0 Å². The van der Waals surface area contributed by atoms with E-state index in [0.29, 0.717) is 12.3 Å². The van der Waals surface area contributed by atoms with Crippen molar-refractivity contribution in [3.05, 3.63) is 75.7 Å². The molecule has 3 rings (SSSR count). The molecule has 0 aliphatic heterocycles. The lowest BCUT2D eigenvalue weighted by Crippen LogP contribution is -2.23. The fourth-order valence-corrected chi connectivity index (χ4v) is 2.62. The fraction of sp³-hybridized carbons (Fsp3) is 0.211. The van der Waals surface area contributed by atoms with Crippen molar-refractivity contribution in [2.24, 2.45) is 7.05 Å². The summed E-state index contributed by atoms with van der Waals surface area (Å²) in [4.78, 5) is 12.2. The van der Waals surface area contributed by atoms with Gasteiger partial charge in [-0.1, -0.05) is 36.9 Å². The van der Waals surface area contributed by atoms with Gasteiger partial charge in [-0.15, -0.1) is 0 Å². The van der Waals surface area contributed by atoms with E-state index >= 15 is 0 Å². The molecule has 25 heavy (non-hydrogen) atoms. The molecule has 0 radical (unpaired) electrons. The van der Waals surface area contributed by atoms with Gasteiger partial charge in [-0.3, -0.25) is 0 Å². The lowest BCUT2D eigenvalue weighted by Gasteiger charge is -2.14. The fourth-order valence-electron chi connectivity index (χ4n) is 2.62. The molecule has 1 heterocycles. The van der Waals surface area contributed by atoms with E-state index in [2.05, 4.69) is 17.0 Å². The average Bonchev–Trinajstić information content (AvgIpc) is 2.94. The summed E-state index contributed by atoms with van der Waals surface area (Å²) in [5, 5.41) is 7.72. The largest absolute Gasteiger partial charge is 0.489 e. The summed E-state index contributed by atoms with van der Waals surface area (Å²) in [5.74, 6) is 0.816. The summed E-state index contributed by atoms with van der Waals surface area (Å²) >= 11 is 0. The summed E-state index contributed by atoms with van der Waals surface area (Å²) < 4.78 is 8.50. The maximum Gasteiger partial charge on any atom is 0.368 e. The second-order valence-corrected chi connectivity index (χ2v) is 5.90. The third kappa shape index (κ3) is 3.24. The van der Waals surface area contributed by atoms with E-state index in [1.165, 1.54) is 9.36 Å². The molecular formula is C19H20N4O2. The average molecular weight is 336 g/mol. The number of hydrogen-bond acceptors (Lipinski definition) is 4.